The van der Waals surface area contributed by atoms with Crippen LogP contribution in [-0.2, 0) is 4.74 Å². The third-order valence-electron chi connectivity index (χ3n) is 3.63. The first-order valence-electron chi connectivity index (χ1n) is 6.92. The fourth-order valence-corrected chi connectivity index (χ4v) is 3.49. The molecule has 1 saturated heterocycles. The minimum absolute atomic E-state index is 0.315. The van der Waals surface area contributed by atoms with Crippen molar-refractivity contribution in [3.05, 3.63) is 21.6 Å². The molecular weight excluding hydrogens is 342 g/mol. The van der Waals surface area contributed by atoms with Crippen molar-refractivity contribution < 1.29 is 9.47 Å². The van der Waals surface area contributed by atoms with E-state index >= 15 is 0 Å². The van der Waals surface area contributed by atoms with Gasteiger partial charge in [0.25, 0.3) is 0 Å². The Hall–Kier alpha value is -0.450. The third-order valence-corrected chi connectivity index (χ3v) is 4.44. The maximum Gasteiger partial charge on any atom is 0.156 e. The number of hydrogen-bond acceptors (Lipinski definition) is 3. The lowest BCUT2D eigenvalue weighted by Crippen LogP contribution is -2.36. The van der Waals surface area contributed by atoms with Gasteiger partial charge >= 0.3 is 0 Å². The van der Waals surface area contributed by atoms with E-state index in [4.69, 9.17) is 21.1 Å². The van der Waals surface area contributed by atoms with Gasteiger partial charge in [-0.1, -0.05) is 25.4 Å². The molecule has 2 atom stereocenters. The van der Waals surface area contributed by atoms with Crippen LogP contribution in [0, 0.1) is 5.92 Å². The van der Waals surface area contributed by atoms with Crippen molar-refractivity contribution in [2.45, 2.75) is 38.8 Å². The van der Waals surface area contributed by atoms with Gasteiger partial charge in [0.15, 0.2) is 5.75 Å². The molecule has 3 nitrogen and oxygen atoms in total. The molecule has 2 unspecified atom stereocenters. The van der Waals surface area contributed by atoms with Crippen LogP contribution in [0.15, 0.2) is 16.6 Å². The Bertz CT molecular complexity index is 467. The molecule has 1 aliphatic rings. The van der Waals surface area contributed by atoms with Gasteiger partial charge in [0, 0.05) is 17.7 Å². The summed E-state index contributed by atoms with van der Waals surface area (Å²) in [7, 11) is 1.67. The first kappa shape index (κ1) is 15.9. The molecule has 1 fully saturated rings. The molecule has 0 spiro atoms. The second-order valence-electron chi connectivity index (χ2n) is 5.49. The number of anilines is 1. The van der Waals surface area contributed by atoms with E-state index in [0.29, 0.717) is 23.1 Å². The molecule has 1 aliphatic heterocycles. The molecule has 0 bridgehead atoms. The summed E-state index contributed by atoms with van der Waals surface area (Å²) >= 11 is 9.61. The number of hydrogen-bond donors (Lipinski definition) is 1. The molecule has 0 amide bonds. The highest BCUT2D eigenvalue weighted by Crippen LogP contribution is 2.37. The normalized spacial score (nSPS) is 22.9. The SMILES string of the molecule is COc1c(Br)cc(Cl)cc1NC1CCOC(C(C)C)C1. The maximum atomic E-state index is 6.13. The van der Waals surface area contributed by atoms with Crippen molar-refractivity contribution in [1.29, 1.82) is 0 Å². The monoisotopic (exact) mass is 361 g/mol. The van der Waals surface area contributed by atoms with Gasteiger partial charge in [-0.25, -0.2) is 0 Å². The van der Waals surface area contributed by atoms with E-state index in [2.05, 4.69) is 35.1 Å². The van der Waals surface area contributed by atoms with Gasteiger partial charge < -0.3 is 14.8 Å². The molecule has 2 rings (SSSR count). The lowest BCUT2D eigenvalue weighted by Gasteiger charge is -2.33. The summed E-state index contributed by atoms with van der Waals surface area (Å²) in [5.74, 6) is 1.33. The second kappa shape index (κ2) is 7.01. The van der Waals surface area contributed by atoms with E-state index in [1.807, 2.05) is 12.1 Å². The summed E-state index contributed by atoms with van der Waals surface area (Å²) in [6, 6.07) is 4.13. The van der Waals surface area contributed by atoms with Gasteiger partial charge in [0.2, 0.25) is 0 Å². The van der Waals surface area contributed by atoms with Crippen molar-refractivity contribution in [3.8, 4) is 5.75 Å². The molecule has 20 heavy (non-hydrogen) atoms. The zero-order valence-electron chi connectivity index (χ0n) is 12.1. The largest absolute Gasteiger partial charge is 0.493 e. The highest BCUT2D eigenvalue weighted by Gasteiger charge is 2.25. The topological polar surface area (TPSA) is 30.5 Å². The van der Waals surface area contributed by atoms with E-state index in [1.54, 1.807) is 7.11 Å². The Morgan fingerprint density at radius 1 is 1.45 bits per heavy atom. The Balaban J connectivity index is 2.13. The van der Waals surface area contributed by atoms with Crippen molar-refractivity contribution in [2.75, 3.05) is 19.0 Å². The third kappa shape index (κ3) is 3.80. The highest BCUT2D eigenvalue weighted by molar-refractivity contribution is 9.10. The summed E-state index contributed by atoms with van der Waals surface area (Å²) in [4.78, 5) is 0. The minimum atomic E-state index is 0.315. The molecule has 0 radical (unpaired) electrons. The Morgan fingerprint density at radius 3 is 2.85 bits per heavy atom. The molecule has 1 aromatic carbocycles. The van der Waals surface area contributed by atoms with E-state index in [9.17, 15) is 0 Å². The van der Waals surface area contributed by atoms with Crippen LogP contribution in [0.5, 0.6) is 5.75 Å². The number of rotatable bonds is 4. The highest BCUT2D eigenvalue weighted by atomic mass is 79.9. The quantitative estimate of drug-likeness (QED) is 0.840. The molecule has 112 valence electrons. The second-order valence-corrected chi connectivity index (χ2v) is 6.78. The number of benzene rings is 1. The predicted molar refractivity (Wildman–Crippen MR) is 86.9 cm³/mol. The maximum absolute atomic E-state index is 6.13. The summed E-state index contributed by atoms with van der Waals surface area (Å²) in [5, 5.41) is 4.24. The lowest BCUT2D eigenvalue weighted by molar-refractivity contribution is -0.0161. The molecule has 1 heterocycles. The molecule has 1 N–H and O–H groups in total. The van der Waals surface area contributed by atoms with Gasteiger partial charge in [-0.05, 0) is 46.8 Å². The predicted octanol–water partition coefficient (Wildman–Crippen LogP) is 4.73. The van der Waals surface area contributed by atoms with Crippen LogP contribution < -0.4 is 10.1 Å². The van der Waals surface area contributed by atoms with Gasteiger partial charge in [-0.15, -0.1) is 0 Å². The fraction of sp³-hybridized carbons (Fsp3) is 0.600. The van der Waals surface area contributed by atoms with Crippen molar-refractivity contribution >= 4 is 33.2 Å². The van der Waals surface area contributed by atoms with Crippen LogP contribution in [0.2, 0.25) is 5.02 Å². The Morgan fingerprint density at radius 2 is 2.20 bits per heavy atom. The van der Waals surface area contributed by atoms with Crippen molar-refractivity contribution in [1.82, 2.24) is 0 Å². The summed E-state index contributed by atoms with van der Waals surface area (Å²) in [6.45, 7) is 5.19. The number of halogens is 2. The number of ether oxygens (including phenoxy) is 2. The van der Waals surface area contributed by atoms with E-state index in [0.717, 1.165) is 35.4 Å². The van der Waals surface area contributed by atoms with Crippen LogP contribution in [-0.4, -0.2) is 25.9 Å². The average molecular weight is 363 g/mol. The zero-order valence-corrected chi connectivity index (χ0v) is 14.4. The van der Waals surface area contributed by atoms with E-state index in [-0.39, 0.29) is 0 Å². The van der Waals surface area contributed by atoms with Crippen molar-refractivity contribution in [3.63, 3.8) is 0 Å². The molecule has 0 aliphatic carbocycles. The average Bonchev–Trinajstić information content (AvgIpc) is 2.38. The summed E-state index contributed by atoms with van der Waals surface area (Å²) < 4.78 is 12.1. The minimum Gasteiger partial charge on any atom is -0.493 e. The number of methoxy groups -OCH3 is 1. The first-order chi connectivity index (χ1) is 9.51. The van der Waals surface area contributed by atoms with Gasteiger partial charge in [0.05, 0.1) is 23.4 Å². The summed E-state index contributed by atoms with van der Waals surface area (Å²) in [5.41, 5.74) is 0.932. The molecule has 5 heteroatoms. The zero-order chi connectivity index (χ0) is 14.7. The van der Waals surface area contributed by atoms with Gasteiger partial charge in [0.1, 0.15) is 0 Å². The van der Waals surface area contributed by atoms with Crippen LogP contribution >= 0.6 is 27.5 Å². The summed E-state index contributed by atoms with van der Waals surface area (Å²) in [6.07, 6.45) is 2.32. The van der Waals surface area contributed by atoms with E-state index in [1.165, 1.54) is 0 Å². The van der Waals surface area contributed by atoms with E-state index < -0.39 is 0 Å². The molecule has 0 saturated carbocycles. The Kier molecular flexibility index (Phi) is 5.58. The number of nitrogens with one attached hydrogen (secondary N) is 1. The van der Waals surface area contributed by atoms with Crippen LogP contribution in [0.25, 0.3) is 0 Å². The Labute approximate surface area is 134 Å². The lowest BCUT2D eigenvalue weighted by atomic mass is 9.95. The molecule has 1 aromatic rings. The fourth-order valence-electron chi connectivity index (χ4n) is 2.52. The van der Waals surface area contributed by atoms with Crippen LogP contribution in [0.4, 0.5) is 5.69 Å². The first-order valence-corrected chi connectivity index (χ1v) is 8.09. The van der Waals surface area contributed by atoms with Crippen LogP contribution in [0.1, 0.15) is 26.7 Å². The van der Waals surface area contributed by atoms with Gasteiger partial charge in [-0.3, -0.25) is 0 Å². The molecule has 0 aromatic heterocycles. The molecular formula is C15H21BrClNO2. The van der Waals surface area contributed by atoms with Gasteiger partial charge in [-0.2, -0.15) is 0 Å². The standard InChI is InChI=1S/C15H21BrClNO2/c1-9(2)14-8-11(4-5-20-14)18-13-7-10(17)6-12(16)15(13)19-3/h6-7,9,11,14,18H,4-5,8H2,1-3H3. The smallest absolute Gasteiger partial charge is 0.156 e. The van der Waals surface area contributed by atoms with Crippen LogP contribution in [0.3, 0.4) is 0 Å². The van der Waals surface area contributed by atoms with Crippen molar-refractivity contribution in [2.24, 2.45) is 5.92 Å².